The minimum absolute atomic E-state index is 0.0472. The first-order chi connectivity index (χ1) is 20.3. The van der Waals surface area contributed by atoms with Crippen LogP contribution in [0.2, 0.25) is 5.02 Å². The van der Waals surface area contributed by atoms with Crippen molar-refractivity contribution >= 4 is 47.1 Å². The second-order valence-corrected chi connectivity index (χ2v) is 12.1. The average molecular weight is 609 g/mol. The number of aromatic nitrogens is 3. The normalized spacial score (nSPS) is 17.2. The molecule has 0 aliphatic carbocycles. The molecule has 11 nitrogen and oxygen atoms in total. The molecule has 0 saturated carbocycles. The lowest BCUT2D eigenvalue weighted by molar-refractivity contribution is -0.170. The highest BCUT2D eigenvalue weighted by molar-refractivity contribution is 6.30. The number of anilines is 2. The van der Waals surface area contributed by atoms with Crippen LogP contribution < -0.4 is 10.2 Å². The van der Waals surface area contributed by atoms with Crippen molar-refractivity contribution in [3.05, 3.63) is 71.0 Å². The molecule has 0 unspecified atom stereocenters. The Morgan fingerprint density at radius 3 is 2.53 bits per heavy atom. The highest BCUT2D eigenvalue weighted by Crippen LogP contribution is 2.35. The minimum atomic E-state index is -1.03. The van der Waals surface area contributed by atoms with Crippen LogP contribution in [0, 0.1) is 5.92 Å². The number of halogens is 1. The summed E-state index contributed by atoms with van der Waals surface area (Å²) in [4.78, 5) is 59.9. The van der Waals surface area contributed by atoms with Gasteiger partial charge in [0.15, 0.2) is 5.82 Å². The number of rotatable bonds is 9. The van der Waals surface area contributed by atoms with E-state index in [4.69, 9.17) is 16.3 Å². The van der Waals surface area contributed by atoms with Crippen LogP contribution in [-0.2, 0) is 32.6 Å². The van der Waals surface area contributed by atoms with Crippen molar-refractivity contribution in [3.8, 4) is 0 Å². The van der Waals surface area contributed by atoms with E-state index < -0.39 is 41.4 Å². The number of imide groups is 1. The highest BCUT2D eigenvalue weighted by atomic mass is 35.5. The predicted molar refractivity (Wildman–Crippen MR) is 163 cm³/mol. The molecule has 1 fully saturated rings. The van der Waals surface area contributed by atoms with Gasteiger partial charge in [0, 0.05) is 44.0 Å². The van der Waals surface area contributed by atoms with Crippen LogP contribution in [0.15, 0.2) is 54.9 Å². The molecule has 0 spiro atoms. The maximum atomic E-state index is 13.8. The number of likely N-dealkylation sites (tertiary alicyclic amines) is 1. The maximum absolute atomic E-state index is 13.8. The zero-order chi connectivity index (χ0) is 31.5. The monoisotopic (exact) mass is 608 g/mol. The summed E-state index contributed by atoms with van der Waals surface area (Å²) in [6.45, 7) is 7.22. The number of ether oxygens (including phenoxy) is 1. The lowest BCUT2D eigenvalue weighted by atomic mass is 9.80. The Morgan fingerprint density at radius 2 is 1.91 bits per heavy atom. The molecule has 4 amide bonds. The van der Waals surface area contributed by atoms with E-state index in [9.17, 15) is 19.2 Å². The topological polar surface area (TPSA) is 127 Å². The number of benzene rings is 1. The van der Waals surface area contributed by atoms with Crippen molar-refractivity contribution in [1.82, 2.24) is 19.7 Å². The molecular weight excluding hydrogens is 572 g/mol. The van der Waals surface area contributed by atoms with Gasteiger partial charge < -0.3 is 4.74 Å². The molecule has 43 heavy (non-hydrogen) atoms. The molecule has 4 rings (SSSR count). The first-order valence-corrected chi connectivity index (χ1v) is 14.5. The third kappa shape index (κ3) is 7.59. The molecule has 12 heteroatoms. The lowest BCUT2D eigenvalue weighted by Gasteiger charge is -2.46. The van der Waals surface area contributed by atoms with Crippen LogP contribution in [0.3, 0.4) is 0 Å². The van der Waals surface area contributed by atoms with E-state index in [2.05, 4.69) is 15.4 Å². The Balaban J connectivity index is 1.57. The number of hydrogen-bond acceptors (Lipinski definition) is 7. The fourth-order valence-corrected chi connectivity index (χ4v) is 5.30. The smallest absolute Gasteiger partial charge is 0.413 e. The van der Waals surface area contributed by atoms with E-state index in [1.54, 1.807) is 70.0 Å². The zero-order valence-electron chi connectivity index (χ0n) is 25.2. The van der Waals surface area contributed by atoms with Gasteiger partial charge in [-0.05, 0) is 74.9 Å². The molecule has 3 heterocycles. The first kappa shape index (κ1) is 31.7. The van der Waals surface area contributed by atoms with Gasteiger partial charge in [-0.2, -0.15) is 5.10 Å². The van der Waals surface area contributed by atoms with Crippen molar-refractivity contribution in [3.63, 3.8) is 0 Å². The van der Waals surface area contributed by atoms with Gasteiger partial charge >= 0.3 is 6.09 Å². The summed E-state index contributed by atoms with van der Waals surface area (Å²) in [6.07, 6.45) is 3.40. The zero-order valence-corrected chi connectivity index (χ0v) is 26.0. The Hall–Kier alpha value is -4.25. The molecular formula is C31H37ClN6O5. The summed E-state index contributed by atoms with van der Waals surface area (Å²) in [5.74, 6) is -1.62. The molecule has 1 aromatic carbocycles. The van der Waals surface area contributed by atoms with E-state index >= 15 is 0 Å². The summed E-state index contributed by atoms with van der Waals surface area (Å²) >= 11 is 6.19. The van der Waals surface area contributed by atoms with Gasteiger partial charge in [0.1, 0.15) is 17.5 Å². The second kappa shape index (κ2) is 12.9. The van der Waals surface area contributed by atoms with Crippen LogP contribution in [0.4, 0.5) is 16.4 Å². The Kier molecular flexibility index (Phi) is 9.54. The molecule has 0 radical (unpaired) electrons. The summed E-state index contributed by atoms with van der Waals surface area (Å²) in [6, 6.07) is 11.3. The number of nitrogens with one attached hydrogen (secondary N) is 1. The SMILES string of the molecule is CC[C@@H](CC(=O)N1C(=O)[C@H](Cc2ccnc(NC(=O)OC(C)(C)C)c2)[C@H]1C(=O)N(C)c1ccn(C)n1)c1cccc(Cl)c1. The number of pyridine rings is 1. The van der Waals surface area contributed by atoms with Gasteiger partial charge in [-0.3, -0.25) is 34.2 Å². The molecule has 3 aromatic rings. The standard InChI is InChI=1S/C31H37ClN6O5/c1-7-20(21-9-8-10-22(32)17-21)18-26(39)38-27(29(41)37(6)25-12-14-36(5)35-25)23(28(38)40)15-19-11-13-33-24(16-19)34-30(42)43-31(2,3)4/h8-14,16-17,20,23,27H,7,15,18H2,1-6H3,(H,33,34,42)/t20-,23+,27-/m0/s1. The summed E-state index contributed by atoms with van der Waals surface area (Å²) < 4.78 is 6.86. The minimum Gasteiger partial charge on any atom is -0.444 e. The molecule has 0 bridgehead atoms. The van der Waals surface area contributed by atoms with Gasteiger partial charge in [0.05, 0.1) is 5.92 Å². The average Bonchev–Trinajstić information content (AvgIpc) is 3.37. The predicted octanol–water partition coefficient (Wildman–Crippen LogP) is 4.96. The van der Waals surface area contributed by atoms with Gasteiger partial charge in [-0.1, -0.05) is 30.7 Å². The highest BCUT2D eigenvalue weighted by Gasteiger charge is 2.55. The van der Waals surface area contributed by atoms with Crippen molar-refractivity contribution < 1.29 is 23.9 Å². The molecule has 2 aromatic heterocycles. The molecule has 228 valence electrons. The number of amides is 4. The molecule has 1 N–H and O–H groups in total. The van der Waals surface area contributed by atoms with E-state index in [0.29, 0.717) is 22.8 Å². The Bertz CT molecular complexity index is 1520. The first-order valence-electron chi connectivity index (χ1n) is 14.1. The van der Waals surface area contributed by atoms with Crippen LogP contribution >= 0.6 is 11.6 Å². The van der Waals surface area contributed by atoms with E-state index in [1.165, 1.54) is 11.1 Å². The Labute approximate surface area is 256 Å². The third-order valence-corrected chi connectivity index (χ3v) is 7.49. The van der Waals surface area contributed by atoms with Crippen LogP contribution in [0.5, 0.6) is 0 Å². The van der Waals surface area contributed by atoms with Gasteiger partial charge in [-0.15, -0.1) is 0 Å². The maximum Gasteiger partial charge on any atom is 0.413 e. The number of β-lactam (4-membered cyclic amide) rings is 1. The largest absolute Gasteiger partial charge is 0.444 e. The molecule has 1 saturated heterocycles. The fourth-order valence-electron chi connectivity index (χ4n) is 5.10. The quantitative estimate of drug-likeness (QED) is 0.340. The van der Waals surface area contributed by atoms with Gasteiger partial charge in [0.2, 0.25) is 11.8 Å². The van der Waals surface area contributed by atoms with Crippen LogP contribution in [-0.4, -0.2) is 62.2 Å². The van der Waals surface area contributed by atoms with Gasteiger partial charge in [0.25, 0.3) is 5.91 Å². The van der Waals surface area contributed by atoms with Crippen LogP contribution in [0.1, 0.15) is 57.6 Å². The number of carbonyl (C=O) groups excluding carboxylic acids is 4. The number of likely N-dealkylation sites (N-methyl/N-ethyl adjacent to an activating group) is 1. The van der Waals surface area contributed by atoms with Crippen LogP contribution in [0.25, 0.3) is 0 Å². The second-order valence-electron chi connectivity index (χ2n) is 11.6. The molecule has 1 aliphatic heterocycles. The van der Waals surface area contributed by atoms with Crippen molar-refractivity contribution in [2.45, 2.75) is 64.5 Å². The molecule has 3 atom stereocenters. The Morgan fingerprint density at radius 1 is 1.16 bits per heavy atom. The summed E-state index contributed by atoms with van der Waals surface area (Å²) in [7, 11) is 3.31. The summed E-state index contributed by atoms with van der Waals surface area (Å²) in [5, 5.41) is 7.46. The van der Waals surface area contributed by atoms with E-state index in [-0.39, 0.29) is 24.6 Å². The van der Waals surface area contributed by atoms with Crippen molar-refractivity contribution in [2.24, 2.45) is 13.0 Å². The fraction of sp³-hybridized carbons (Fsp3) is 0.419. The molecule has 1 aliphatic rings. The van der Waals surface area contributed by atoms with Crippen molar-refractivity contribution in [1.29, 1.82) is 0 Å². The number of hydrogen-bond donors (Lipinski definition) is 1. The van der Waals surface area contributed by atoms with E-state index in [0.717, 1.165) is 10.5 Å². The number of aryl methyl sites for hydroxylation is 1. The van der Waals surface area contributed by atoms with E-state index in [1.807, 2.05) is 25.1 Å². The lowest BCUT2D eigenvalue weighted by Crippen LogP contribution is -2.69. The van der Waals surface area contributed by atoms with Crippen molar-refractivity contribution in [2.75, 3.05) is 17.3 Å². The number of carbonyl (C=O) groups is 4. The number of nitrogens with zero attached hydrogens (tertiary/aromatic N) is 5. The summed E-state index contributed by atoms with van der Waals surface area (Å²) in [5.41, 5.74) is 0.866. The third-order valence-electron chi connectivity index (χ3n) is 7.25. The van der Waals surface area contributed by atoms with Gasteiger partial charge in [-0.25, -0.2) is 9.78 Å².